The predicted molar refractivity (Wildman–Crippen MR) is 52.8 cm³/mol. The van der Waals surface area contributed by atoms with Gasteiger partial charge in [0.05, 0.1) is 0 Å². The van der Waals surface area contributed by atoms with Crippen molar-refractivity contribution >= 4 is 6.21 Å². The van der Waals surface area contributed by atoms with Crippen molar-refractivity contribution < 1.29 is 4.74 Å². The summed E-state index contributed by atoms with van der Waals surface area (Å²) in [5.74, 6) is 0. The molecule has 0 radical (unpaired) electrons. The van der Waals surface area contributed by atoms with Crippen LogP contribution in [-0.4, -0.2) is 21.5 Å². The van der Waals surface area contributed by atoms with Crippen LogP contribution in [0, 0.1) is 5.21 Å². The number of hydrogen-bond donors (Lipinski definition) is 0. The first-order valence-electron chi connectivity index (χ1n) is 4.21. The van der Waals surface area contributed by atoms with Crippen LogP contribution in [0.25, 0.3) is 0 Å². The van der Waals surface area contributed by atoms with E-state index in [0.717, 1.165) is 10.3 Å². The van der Waals surface area contributed by atoms with E-state index in [2.05, 4.69) is 4.98 Å². The number of hydroxylamine groups is 1. The molecule has 1 rings (SSSR count). The molecule has 0 aliphatic rings. The molecule has 0 fully saturated rings. The minimum Gasteiger partial charge on any atom is -0.623 e. The maximum atomic E-state index is 11.5. The third-order valence-corrected chi connectivity index (χ3v) is 1.63. The Labute approximate surface area is 78.3 Å². The van der Waals surface area contributed by atoms with E-state index in [-0.39, 0.29) is 5.54 Å². The van der Waals surface area contributed by atoms with E-state index in [0.29, 0.717) is 0 Å². The summed E-state index contributed by atoms with van der Waals surface area (Å²) in [5.41, 5.74) is 0.489. The Hall–Kier alpha value is -1.38. The summed E-state index contributed by atoms with van der Waals surface area (Å²) in [6.45, 7) is 5.62. The van der Waals surface area contributed by atoms with E-state index < -0.39 is 0 Å². The van der Waals surface area contributed by atoms with Crippen LogP contribution in [0.4, 0.5) is 0 Å². The standard InChI is InChI=1S/C10H14N2O/c1-10(2,3)12(13)8-9-4-6-11-7-5-9/h4-8H,1-3H3/b12-8+. The zero-order valence-electron chi connectivity index (χ0n) is 8.19. The van der Waals surface area contributed by atoms with E-state index in [4.69, 9.17) is 0 Å². The van der Waals surface area contributed by atoms with Crippen molar-refractivity contribution in [1.82, 2.24) is 4.98 Å². The number of pyridine rings is 1. The molecule has 70 valence electrons. The van der Waals surface area contributed by atoms with Gasteiger partial charge in [0.15, 0.2) is 11.8 Å². The minimum absolute atomic E-state index is 0.386. The fourth-order valence-corrected chi connectivity index (χ4v) is 0.779. The second-order valence-electron chi connectivity index (χ2n) is 3.91. The zero-order chi connectivity index (χ0) is 9.90. The molecule has 13 heavy (non-hydrogen) atoms. The molecule has 1 aromatic rings. The van der Waals surface area contributed by atoms with Crippen LogP contribution in [0.1, 0.15) is 26.3 Å². The van der Waals surface area contributed by atoms with Crippen molar-refractivity contribution in [2.45, 2.75) is 26.3 Å². The van der Waals surface area contributed by atoms with E-state index in [1.165, 1.54) is 0 Å². The molecule has 0 saturated carbocycles. The molecular formula is C10H14N2O. The summed E-state index contributed by atoms with van der Waals surface area (Å²) >= 11 is 0. The molecule has 0 atom stereocenters. The van der Waals surface area contributed by atoms with Gasteiger partial charge in [-0.15, -0.1) is 0 Å². The second kappa shape index (κ2) is 3.56. The fraction of sp³-hybridized carbons (Fsp3) is 0.400. The molecule has 3 nitrogen and oxygen atoms in total. The molecule has 3 heteroatoms. The van der Waals surface area contributed by atoms with Gasteiger partial charge in [-0.05, 0) is 12.1 Å². The van der Waals surface area contributed by atoms with Gasteiger partial charge in [-0.1, -0.05) is 0 Å². The van der Waals surface area contributed by atoms with E-state index in [1.807, 2.05) is 20.8 Å². The average molecular weight is 178 g/mol. The molecule has 0 N–H and O–H groups in total. The van der Waals surface area contributed by atoms with Crippen LogP contribution in [0.2, 0.25) is 0 Å². The molecule has 0 aromatic carbocycles. The van der Waals surface area contributed by atoms with Gasteiger partial charge in [-0.2, -0.15) is 0 Å². The van der Waals surface area contributed by atoms with Crippen molar-refractivity contribution in [2.75, 3.05) is 0 Å². The molecule has 0 bridgehead atoms. The molecular weight excluding hydrogens is 164 g/mol. The first-order valence-corrected chi connectivity index (χ1v) is 4.21. The van der Waals surface area contributed by atoms with Crippen molar-refractivity contribution in [3.05, 3.63) is 35.3 Å². The van der Waals surface area contributed by atoms with Gasteiger partial charge in [0.25, 0.3) is 0 Å². The lowest BCUT2D eigenvalue weighted by Crippen LogP contribution is -2.29. The predicted octanol–water partition coefficient (Wildman–Crippen LogP) is 1.81. The van der Waals surface area contributed by atoms with Crippen molar-refractivity contribution in [3.8, 4) is 0 Å². The smallest absolute Gasteiger partial charge is 0.182 e. The summed E-state index contributed by atoms with van der Waals surface area (Å²) in [6.07, 6.45) is 4.91. The van der Waals surface area contributed by atoms with Crippen molar-refractivity contribution in [2.24, 2.45) is 0 Å². The molecule has 1 aromatic heterocycles. The minimum atomic E-state index is -0.386. The molecule has 0 saturated heterocycles. The van der Waals surface area contributed by atoms with Gasteiger partial charge < -0.3 is 5.21 Å². The van der Waals surface area contributed by atoms with Gasteiger partial charge in [0.1, 0.15) is 0 Å². The first kappa shape index (κ1) is 9.71. The maximum Gasteiger partial charge on any atom is 0.182 e. The lowest BCUT2D eigenvalue weighted by molar-refractivity contribution is -0.530. The van der Waals surface area contributed by atoms with Crippen LogP contribution in [0.15, 0.2) is 24.5 Å². The summed E-state index contributed by atoms with van der Waals surface area (Å²) in [4.78, 5) is 3.87. The molecule has 0 unspecified atom stereocenters. The first-order chi connectivity index (χ1) is 6.00. The lowest BCUT2D eigenvalue weighted by Gasteiger charge is -2.18. The van der Waals surface area contributed by atoms with E-state index >= 15 is 0 Å². The number of aromatic nitrogens is 1. The highest BCUT2D eigenvalue weighted by Gasteiger charge is 2.17. The summed E-state index contributed by atoms with van der Waals surface area (Å²) < 4.78 is 0.947. The van der Waals surface area contributed by atoms with Crippen LogP contribution < -0.4 is 0 Å². The maximum absolute atomic E-state index is 11.5. The number of rotatable bonds is 1. The van der Waals surface area contributed by atoms with Gasteiger partial charge in [0, 0.05) is 38.7 Å². The van der Waals surface area contributed by atoms with E-state index in [9.17, 15) is 5.21 Å². The Morgan fingerprint density at radius 1 is 1.31 bits per heavy atom. The number of hydrogen-bond acceptors (Lipinski definition) is 2. The third-order valence-electron chi connectivity index (χ3n) is 1.63. The largest absolute Gasteiger partial charge is 0.623 e. The normalized spacial score (nSPS) is 13.0. The Morgan fingerprint density at radius 3 is 2.31 bits per heavy atom. The number of nitrogens with zero attached hydrogens (tertiary/aromatic N) is 2. The van der Waals surface area contributed by atoms with Crippen LogP contribution in [-0.2, 0) is 0 Å². The highest BCUT2D eigenvalue weighted by molar-refractivity contribution is 5.75. The third kappa shape index (κ3) is 2.86. The Kier molecular flexibility index (Phi) is 2.66. The zero-order valence-corrected chi connectivity index (χ0v) is 8.19. The van der Waals surface area contributed by atoms with Crippen LogP contribution in [0.3, 0.4) is 0 Å². The van der Waals surface area contributed by atoms with Gasteiger partial charge >= 0.3 is 0 Å². The molecule has 0 aliphatic carbocycles. The molecule has 0 spiro atoms. The van der Waals surface area contributed by atoms with Crippen molar-refractivity contribution in [3.63, 3.8) is 0 Å². The molecule has 0 aliphatic heterocycles. The lowest BCUT2D eigenvalue weighted by atomic mass is 10.1. The van der Waals surface area contributed by atoms with Gasteiger partial charge in [-0.3, -0.25) is 4.98 Å². The topological polar surface area (TPSA) is 39.0 Å². The summed E-state index contributed by atoms with van der Waals surface area (Å²) in [6, 6.07) is 3.60. The Morgan fingerprint density at radius 2 is 1.85 bits per heavy atom. The van der Waals surface area contributed by atoms with E-state index in [1.54, 1.807) is 30.7 Å². The van der Waals surface area contributed by atoms with Crippen LogP contribution in [0.5, 0.6) is 0 Å². The second-order valence-corrected chi connectivity index (χ2v) is 3.91. The fourth-order valence-electron chi connectivity index (χ4n) is 0.779. The summed E-state index contributed by atoms with van der Waals surface area (Å²) in [7, 11) is 0. The van der Waals surface area contributed by atoms with Gasteiger partial charge in [-0.25, -0.2) is 4.74 Å². The average Bonchev–Trinajstić information content (AvgIpc) is 2.04. The van der Waals surface area contributed by atoms with Gasteiger partial charge in [0.2, 0.25) is 0 Å². The summed E-state index contributed by atoms with van der Waals surface area (Å²) in [5, 5.41) is 11.5. The Balaban J connectivity index is 2.90. The van der Waals surface area contributed by atoms with Crippen LogP contribution >= 0.6 is 0 Å². The molecule has 1 heterocycles. The van der Waals surface area contributed by atoms with Crippen molar-refractivity contribution in [1.29, 1.82) is 0 Å². The monoisotopic (exact) mass is 178 g/mol. The highest BCUT2D eigenvalue weighted by Crippen LogP contribution is 2.05. The molecule has 0 amide bonds. The quantitative estimate of drug-likeness (QED) is 0.285. The highest BCUT2D eigenvalue weighted by atomic mass is 16.5. The SMILES string of the molecule is CC(C)(C)/[N+]([O-])=C\c1ccncc1. The Bertz CT molecular complexity index is 298.